The van der Waals surface area contributed by atoms with Crippen LogP contribution in [-0.2, 0) is 0 Å². The van der Waals surface area contributed by atoms with Crippen LogP contribution in [0.15, 0.2) is 6.07 Å². The van der Waals surface area contributed by atoms with Crippen LogP contribution in [0.2, 0.25) is 0 Å². The fraction of sp³-hybridized carbons (Fsp3) is 0.667. The first kappa shape index (κ1) is 12.9. The van der Waals surface area contributed by atoms with Gasteiger partial charge < -0.3 is 20.5 Å². The van der Waals surface area contributed by atoms with Crippen molar-refractivity contribution in [3.8, 4) is 5.88 Å². The van der Waals surface area contributed by atoms with Gasteiger partial charge in [0.2, 0.25) is 11.8 Å². The Labute approximate surface area is 107 Å². The van der Waals surface area contributed by atoms with Gasteiger partial charge in [0.15, 0.2) is 0 Å². The standard InChI is InChI=1S/C12H20N4O2/c1-8(2)18-11-6-10(14-12(13)15-11)16-5-3-4-9(17)7-16/h6,8-9,17H,3-5,7H2,1-2H3,(H2,13,14,15)/t9-/m0/s1. The number of nitrogen functional groups attached to an aromatic ring is 1. The minimum atomic E-state index is -0.301. The first-order valence-electron chi connectivity index (χ1n) is 6.29. The van der Waals surface area contributed by atoms with Crippen molar-refractivity contribution < 1.29 is 9.84 Å². The number of piperidine rings is 1. The predicted molar refractivity (Wildman–Crippen MR) is 69.7 cm³/mol. The summed E-state index contributed by atoms with van der Waals surface area (Å²) in [4.78, 5) is 10.3. The molecule has 1 aromatic rings. The molecule has 6 heteroatoms. The average Bonchev–Trinajstić information content (AvgIpc) is 2.27. The SMILES string of the molecule is CC(C)Oc1cc(N2CCC[C@H](O)C2)nc(N)n1. The Morgan fingerprint density at radius 1 is 1.50 bits per heavy atom. The molecule has 1 atom stereocenters. The van der Waals surface area contributed by atoms with Crippen LogP contribution in [0.1, 0.15) is 26.7 Å². The number of hydrogen-bond acceptors (Lipinski definition) is 6. The summed E-state index contributed by atoms with van der Waals surface area (Å²) in [5.74, 6) is 1.40. The first-order chi connectivity index (χ1) is 8.54. The lowest BCUT2D eigenvalue weighted by atomic mass is 10.1. The van der Waals surface area contributed by atoms with Gasteiger partial charge in [-0.1, -0.05) is 0 Å². The van der Waals surface area contributed by atoms with Gasteiger partial charge in [-0.25, -0.2) is 0 Å². The van der Waals surface area contributed by atoms with Gasteiger partial charge in [-0.3, -0.25) is 0 Å². The van der Waals surface area contributed by atoms with Crippen LogP contribution in [-0.4, -0.2) is 40.4 Å². The highest BCUT2D eigenvalue weighted by atomic mass is 16.5. The summed E-state index contributed by atoms with van der Waals surface area (Å²) in [5, 5.41) is 9.68. The summed E-state index contributed by atoms with van der Waals surface area (Å²) < 4.78 is 5.53. The molecule has 3 N–H and O–H groups in total. The third kappa shape index (κ3) is 3.22. The topological polar surface area (TPSA) is 84.5 Å². The Balaban J connectivity index is 2.18. The Morgan fingerprint density at radius 3 is 2.94 bits per heavy atom. The van der Waals surface area contributed by atoms with E-state index in [0.717, 1.165) is 25.2 Å². The number of aliphatic hydroxyl groups is 1. The van der Waals surface area contributed by atoms with E-state index >= 15 is 0 Å². The fourth-order valence-electron chi connectivity index (χ4n) is 2.06. The van der Waals surface area contributed by atoms with Crippen molar-refractivity contribution in [2.24, 2.45) is 0 Å². The molecule has 6 nitrogen and oxygen atoms in total. The van der Waals surface area contributed by atoms with Gasteiger partial charge in [0.1, 0.15) is 5.82 Å². The van der Waals surface area contributed by atoms with E-state index < -0.39 is 0 Å². The van der Waals surface area contributed by atoms with Crippen LogP contribution in [0.4, 0.5) is 11.8 Å². The van der Waals surface area contributed by atoms with Crippen LogP contribution in [0, 0.1) is 0 Å². The molecule has 2 rings (SSSR count). The Morgan fingerprint density at radius 2 is 2.28 bits per heavy atom. The number of ether oxygens (including phenoxy) is 1. The second-order valence-electron chi connectivity index (χ2n) is 4.83. The molecule has 1 aromatic heterocycles. The van der Waals surface area contributed by atoms with Gasteiger partial charge in [-0.2, -0.15) is 9.97 Å². The molecule has 0 unspecified atom stereocenters. The van der Waals surface area contributed by atoms with E-state index in [9.17, 15) is 5.11 Å². The zero-order chi connectivity index (χ0) is 13.1. The maximum atomic E-state index is 9.68. The van der Waals surface area contributed by atoms with E-state index in [0.29, 0.717) is 12.4 Å². The second kappa shape index (κ2) is 5.39. The molecule has 18 heavy (non-hydrogen) atoms. The van der Waals surface area contributed by atoms with Crippen molar-refractivity contribution in [1.82, 2.24) is 9.97 Å². The Bertz CT molecular complexity index is 411. The number of β-amino-alcohol motifs (C(OH)–C–C–N with tert-alkyl or cyclic N) is 1. The van der Waals surface area contributed by atoms with E-state index in [4.69, 9.17) is 10.5 Å². The number of nitrogens with two attached hydrogens (primary N) is 1. The van der Waals surface area contributed by atoms with E-state index in [1.165, 1.54) is 0 Å². The molecular weight excluding hydrogens is 232 g/mol. The molecule has 0 spiro atoms. The fourth-order valence-corrected chi connectivity index (χ4v) is 2.06. The number of nitrogens with zero attached hydrogens (tertiary/aromatic N) is 3. The highest BCUT2D eigenvalue weighted by Gasteiger charge is 2.20. The van der Waals surface area contributed by atoms with Gasteiger partial charge in [-0.05, 0) is 26.7 Å². The minimum absolute atomic E-state index is 0.0408. The van der Waals surface area contributed by atoms with Crippen LogP contribution in [0.25, 0.3) is 0 Å². The molecule has 1 aliphatic rings. The van der Waals surface area contributed by atoms with Crippen LogP contribution in [0.5, 0.6) is 5.88 Å². The Kier molecular flexibility index (Phi) is 3.86. The summed E-state index contributed by atoms with van der Waals surface area (Å²) in [6.07, 6.45) is 1.53. The molecule has 1 fully saturated rings. The van der Waals surface area contributed by atoms with Gasteiger partial charge in [-0.15, -0.1) is 0 Å². The summed E-state index contributed by atoms with van der Waals surface area (Å²) in [7, 11) is 0. The lowest BCUT2D eigenvalue weighted by Gasteiger charge is -2.31. The molecule has 0 saturated carbocycles. The largest absolute Gasteiger partial charge is 0.475 e. The molecular formula is C12H20N4O2. The van der Waals surface area contributed by atoms with Crippen molar-refractivity contribution in [1.29, 1.82) is 0 Å². The number of aromatic nitrogens is 2. The van der Waals surface area contributed by atoms with Crippen LogP contribution >= 0.6 is 0 Å². The third-order valence-electron chi connectivity index (χ3n) is 2.78. The molecule has 0 aromatic carbocycles. The van der Waals surface area contributed by atoms with E-state index in [1.54, 1.807) is 6.07 Å². The molecule has 0 radical (unpaired) electrons. The zero-order valence-electron chi connectivity index (χ0n) is 10.8. The van der Waals surface area contributed by atoms with E-state index in [2.05, 4.69) is 9.97 Å². The normalized spacial score (nSPS) is 20.2. The average molecular weight is 252 g/mol. The summed E-state index contributed by atoms with van der Waals surface area (Å²) >= 11 is 0. The van der Waals surface area contributed by atoms with Crippen LogP contribution < -0.4 is 15.4 Å². The van der Waals surface area contributed by atoms with Gasteiger partial charge in [0.05, 0.1) is 12.2 Å². The van der Waals surface area contributed by atoms with Crippen LogP contribution in [0.3, 0.4) is 0 Å². The lowest BCUT2D eigenvalue weighted by Crippen LogP contribution is -2.38. The second-order valence-corrected chi connectivity index (χ2v) is 4.83. The van der Waals surface area contributed by atoms with Gasteiger partial charge in [0.25, 0.3) is 0 Å². The summed E-state index contributed by atoms with van der Waals surface area (Å²) in [5.41, 5.74) is 5.69. The maximum Gasteiger partial charge on any atom is 0.225 e. The van der Waals surface area contributed by atoms with Crippen molar-refractivity contribution in [3.63, 3.8) is 0 Å². The number of anilines is 2. The highest BCUT2D eigenvalue weighted by Crippen LogP contribution is 2.22. The molecule has 100 valence electrons. The van der Waals surface area contributed by atoms with Crippen molar-refractivity contribution in [2.75, 3.05) is 23.7 Å². The minimum Gasteiger partial charge on any atom is -0.475 e. The van der Waals surface area contributed by atoms with Crippen molar-refractivity contribution in [3.05, 3.63) is 6.07 Å². The smallest absolute Gasteiger partial charge is 0.225 e. The number of rotatable bonds is 3. The summed E-state index contributed by atoms with van der Waals surface area (Å²) in [6.45, 7) is 5.32. The zero-order valence-corrected chi connectivity index (χ0v) is 10.8. The quantitative estimate of drug-likeness (QED) is 0.828. The van der Waals surface area contributed by atoms with Crippen molar-refractivity contribution >= 4 is 11.8 Å². The molecule has 1 saturated heterocycles. The Hall–Kier alpha value is -1.56. The predicted octanol–water partition coefficient (Wildman–Crippen LogP) is 0.807. The molecule has 0 amide bonds. The van der Waals surface area contributed by atoms with Crippen molar-refractivity contribution in [2.45, 2.75) is 38.9 Å². The molecule has 0 aliphatic carbocycles. The lowest BCUT2D eigenvalue weighted by molar-refractivity contribution is 0.153. The monoisotopic (exact) mass is 252 g/mol. The van der Waals surface area contributed by atoms with Gasteiger partial charge in [0, 0.05) is 19.2 Å². The molecule has 0 bridgehead atoms. The third-order valence-corrected chi connectivity index (χ3v) is 2.78. The number of aliphatic hydroxyl groups excluding tert-OH is 1. The molecule has 1 aliphatic heterocycles. The number of hydrogen-bond donors (Lipinski definition) is 2. The summed E-state index contributed by atoms with van der Waals surface area (Å²) in [6, 6.07) is 1.77. The molecule has 2 heterocycles. The highest BCUT2D eigenvalue weighted by molar-refractivity contribution is 5.46. The van der Waals surface area contributed by atoms with E-state index in [1.807, 2.05) is 18.7 Å². The van der Waals surface area contributed by atoms with E-state index in [-0.39, 0.29) is 18.2 Å². The first-order valence-corrected chi connectivity index (χ1v) is 6.29. The van der Waals surface area contributed by atoms with Gasteiger partial charge >= 0.3 is 0 Å². The maximum absolute atomic E-state index is 9.68.